The Bertz CT molecular complexity index is 1030. The maximum Gasteiger partial charge on any atom is 0.323 e. The van der Waals surface area contributed by atoms with Crippen molar-refractivity contribution in [2.45, 2.75) is 6.92 Å². The summed E-state index contributed by atoms with van der Waals surface area (Å²) in [6.07, 6.45) is 0. The van der Waals surface area contributed by atoms with Gasteiger partial charge in [-0.05, 0) is 48.4 Å². The highest BCUT2D eigenvalue weighted by Crippen LogP contribution is 2.25. The van der Waals surface area contributed by atoms with Crippen LogP contribution in [0.15, 0.2) is 78.9 Å². The molecule has 0 spiro atoms. The smallest absolute Gasteiger partial charge is 0.323 e. The molecule has 4 nitrogen and oxygen atoms in total. The molecule has 0 aliphatic rings. The number of rotatable bonds is 3. The Morgan fingerprint density at radius 1 is 0.846 bits per heavy atom. The van der Waals surface area contributed by atoms with Gasteiger partial charge in [-0.15, -0.1) is 0 Å². The zero-order valence-corrected chi connectivity index (χ0v) is 14.4. The number of benzene rings is 3. The van der Waals surface area contributed by atoms with Crippen molar-refractivity contribution in [1.29, 1.82) is 0 Å². The van der Waals surface area contributed by atoms with Crippen LogP contribution in [-0.4, -0.2) is 11.0 Å². The number of amides is 2. The van der Waals surface area contributed by atoms with Crippen LogP contribution in [0, 0.1) is 6.92 Å². The van der Waals surface area contributed by atoms with Crippen LogP contribution in [0.25, 0.3) is 22.2 Å². The van der Waals surface area contributed by atoms with Crippen molar-refractivity contribution >= 4 is 28.3 Å². The van der Waals surface area contributed by atoms with Crippen molar-refractivity contribution in [1.82, 2.24) is 4.98 Å². The molecule has 0 aliphatic heterocycles. The summed E-state index contributed by atoms with van der Waals surface area (Å²) in [5, 5.41) is 6.91. The number of fused-ring (bicyclic) bond motifs is 1. The highest BCUT2D eigenvalue weighted by Gasteiger charge is 2.06. The fourth-order valence-corrected chi connectivity index (χ4v) is 2.96. The molecule has 2 amide bonds. The fraction of sp³-hybridized carbons (Fsp3) is 0.0455. The SMILES string of the molecule is Cc1ccccc1NC(=O)Nc1ccc(-c2cc3ccccc3[nH]2)cc1. The first-order valence-electron chi connectivity index (χ1n) is 8.51. The van der Waals surface area contributed by atoms with Gasteiger partial charge in [0, 0.05) is 28.0 Å². The average molecular weight is 341 g/mol. The highest BCUT2D eigenvalue weighted by molar-refractivity contribution is 6.00. The van der Waals surface area contributed by atoms with E-state index in [1.54, 1.807) is 0 Å². The van der Waals surface area contributed by atoms with Crippen molar-refractivity contribution in [2.75, 3.05) is 10.6 Å². The third-order valence-corrected chi connectivity index (χ3v) is 4.38. The van der Waals surface area contributed by atoms with Crippen LogP contribution in [0.3, 0.4) is 0 Å². The van der Waals surface area contributed by atoms with E-state index in [4.69, 9.17) is 0 Å². The summed E-state index contributed by atoms with van der Waals surface area (Å²) in [5.41, 5.74) is 5.82. The van der Waals surface area contributed by atoms with Gasteiger partial charge >= 0.3 is 6.03 Å². The third-order valence-electron chi connectivity index (χ3n) is 4.38. The molecule has 128 valence electrons. The van der Waals surface area contributed by atoms with Crippen LogP contribution in [0.2, 0.25) is 0 Å². The Morgan fingerprint density at radius 3 is 2.35 bits per heavy atom. The molecule has 1 aromatic heterocycles. The predicted molar refractivity (Wildman–Crippen MR) is 108 cm³/mol. The number of H-pyrrole nitrogens is 1. The number of carbonyl (C=O) groups is 1. The summed E-state index contributed by atoms with van der Waals surface area (Å²) in [5.74, 6) is 0. The van der Waals surface area contributed by atoms with Crippen LogP contribution in [0.5, 0.6) is 0 Å². The molecule has 3 N–H and O–H groups in total. The van der Waals surface area contributed by atoms with E-state index in [2.05, 4.69) is 33.8 Å². The first-order chi connectivity index (χ1) is 12.7. The molecule has 0 aliphatic carbocycles. The zero-order chi connectivity index (χ0) is 17.9. The van der Waals surface area contributed by atoms with E-state index in [-0.39, 0.29) is 6.03 Å². The zero-order valence-electron chi connectivity index (χ0n) is 14.4. The number of hydrogen-bond donors (Lipinski definition) is 3. The van der Waals surface area contributed by atoms with E-state index in [0.717, 1.165) is 33.7 Å². The first-order valence-corrected chi connectivity index (χ1v) is 8.51. The third kappa shape index (κ3) is 3.30. The van der Waals surface area contributed by atoms with Crippen LogP contribution in [-0.2, 0) is 0 Å². The number of aromatic nitrogens is 1. The van der Waals surface area contributed by atoms with Gasteiger partial charge in [0.1, 0.15) is 0 Å². The van der Waals surface area contributed by atoms with Crippen LogP contribution < -0.4 is 10.6 Å². The lowest BCUT2D eigenvalue weighted by Gasteiger charge is -2.10. The standard InChI is InChI=1S/C22H19N3O/c1-15-6-2-4-8-19(15)25-22(26)23-18-12-10-16(11-13-18)21-14-17-7-3-5-9-20(17)24-21/h2-14,24H,1H3,(H2,23,25,26). The minimum Gasteiger partial charge on any atom is -0.355 e. The minimum absolute atomic E-state index is 0.252. The minimum atomic E-state index is -0.252. The summed E-state index contributed by atoms with van der Waals surface area (Å²) < 4.78 is 0. The summed E-state index contributed by atoms with van der Waals surface area (Å²) in [6.45, 7) is 1.96. The number of anilines is 2. The molecule has 0 bridgehead atoms. The Kier molecular flexibility index (Phi) is 4.15. The van der Waals surface area contributed by atoms with Crippen molar-refractivity contribution in [3.63, 3.8) is 0 Å². The average Bonchev–Trinajstić information content (AvgIpc) is 3.08. The van der Waals surface area contributed by atoms with E-state index in [1.807, 2.05) is 67.6 Å². The second-order valence-electron chi connectivity index (χ2n) is 6.24. The summed E-state index contributed by atoms with van der Waals surface area (Å²) in [7, 11) is 0. The van der Waals surface area contributed by atoms with Gasteiger partial charge in [-0.25, -0.2) is 4.79 Å². The van der Waals surface area contributed by atoms with Crippen LogP contribution >= 0.6 is 0 Å². The molecule has 0 radical (unpaired) electrons. The van der Waals surface area contributed by atoms with E-state index >= 15 is 0 Å². The number of carbonyl (C=O) groups excluding carboxylic acids is 1. The molecular formula is C22H19N3O. The van der Waals surface area contributed by atoms with Crippen molar-refractivity contribution in [3.8, 4) is 11.3 Å². The molecule has 0 unspecified atom stereocenters. The number of para-hydroxylation sites is 2. The van der Waals surface area contributed by atoms with Gasteiger partial charge in [-0.2, -0.15) is 0 Å². The number of aromatic amines is 1. The molecule has 0 fully saturated rings. The summed E-state index contributed by atoms with van der Waals surface area (Å²) in [6, 6.07) is 25.5. The maximum atomic E-state index is 12.2. The lowest BCUT2D eigenvalue weighted by molar-refractivity contribution is 0.262. The van der Waals surface area contributed by atoms with Gasteiger partial charge in [-0.3, -0.25) is 0 Å². The van der Waals surface area contributed by atoms with E-state index in [0.29, 0.717) is 0 Å². The van der Waals surface area contributed by atoms with Gasteiger partial charge in [0.2, 0.25) is 0 Å². The number of hydrogen-bond acceptors (Lipinski definition) is 1. The Hall–Kier alpha value is -3.53. The van der Waals surface area contributed by atoms with E-state index < -0.39 is 0 Å². The molecule has 0 saturated heterocycles. The number of nitrogens with one attached hydrogen (secondary N) is 3. The van der Waals surface area contributed by atoms with Gasteiger partial charge in [-0.1, -0.05) is 48.5 Å². The molecule has 4 aromatic rings. The molecular weight excluding hydrogens is 322 g/mol. The summed E-state index contributed by atoms with van der Waals surface area (Å²) >= 11 is 0. The van der Waals surface area contributed by atoms with Crippen molar-refractivity contribution < 1.29 is 4.79 Å². The lowest BCUT2D eigenvalue weighted by Crippen LogP contribution is -2.19. The van der Waals surface area contributed by atoms with E-state index in [9.17, 15) is 4.79 Å². The van der Waals surface area contributed by atoms with Crippen molar-refractivity contribution in [3.05, 3.63) is 84.4 Å². The number of urea groups is 1. The van der Waals surface area contributed by atoms with E-state index in [1.165, 1.54) is 5.39 Å². The normalized spacial score (nSPS) is 10.7. The molecule has 1 heterocycles. The van der Waals surface area contributed by atoms with Gasteiger partial charge in [0.25, 0.3) is 0 Å². The first kappa shape index (κ1) is 16.0. The Balaban J connectivity index is 1.47. The number of aryl methyl sites for hydroxylation is 1. The second kappa shape index (κ2) is 6.76. The van der Waals surface area contributed by atoms with Gasteiger partial charge in [0.05, 0.1) is 0 Å². The monoisotopic (exact) mass is 341 g/mol. The second-order valence-corrected chi connectivity index (χ2v) is 6.24. The van der Waals surface area contributed by atoms with Gasteiger partial charge in [0.15, 0.2) is 0 Å². The van der Waals surface area contributed by atoms with Crippen LogP contribution in [0.4, 0.5) is 16.2 Å². The molecule has 4 heteroatoms. The lowest BCUT2D eigenvalue weighted by atomic mass is 10.1. The van der Waals surface area contributed by atoms with Crippen LogP contribution in [0.1, 0.15) is 5.56 Å². The highest BCUT2D eigenvalue weighted by atomic mass is 16.2. The molecule has 26 heavy (non-hydrogen) atoms. The van der Waals surface area contributed by atoms with Crippen molar-refractivity contribution in [2.24, 2.45) is 0 Å². The fourth-order valence-electron chi connectivity index (χ4n) is 2.96. The largest absolute Gasteiger partial charge is 0.355 e. The predicted octanol–water partition coefficient (Wildman–Crippen LogP) is 5.79. The quantitative estimate of drug-likeness (QED) is 0.434. The Labute approximate surface area is 151 Å². The molecule has 0 atom stereocenters. The maximum absolute atomic E-state index is 12.2. The Morgan fingerprint density at radius 2 is 1.58 bits per heavy atom. The summed E-state index contributed by atoms with van der Waals surface area (Å²) in [4.78, 5) is 15.6. The topological polar surface area (TPSA) is 56.9 Å². The molecule has 4 rings (SSSR count). The molecule has 3 aromatic carbocycles. The molecule has 0 saturated carbocycles. The van der Waals surface area contributed by atoms with Gasteiger partial charge < -0.3 is 15.6 Å².